The number of rotatable bonds is 7. The molecule has 2 N–H and O–H groups in total. The number of thioether (sulfide) groups is 1. The number of aliphatic hydroxyl groups excluding tert-OH is 2. The van der Waals surface area contributed by atoms with Gasteiger partial charge in [-0.25, -0.2) is 0 Å². The van der Waals surface area contributed by atoms with Crippen molar-refractivity contribution in [2.24, 2.45) is 5.41 Å². The van der Waals surface area contributed by atoms with Crippen LogP contribution in [0.2, 0.25) is 0 Å². The van der Waals surface area contributed by atoms with Gasteiger partial charge in [-0.2, -0.15) is 0 Å². The molecule has 0 radical (unpaired) electrons. The van der Waals surface area contributed by atoms with Crippen molar-refractivity contribution in [2.45, 2.75) is 18.4 Å². The van der Waals surface area contributed by atoms with Crippen LogP contribution in [-0.2, 0) is 6.54 Å². The van der Waals surface area contributed by atoms with E-state index in [4.69, 9.17) is 0 Å². The van der Waals surface area contributed by atoms with E-state index < -0.39 is 5.41 Å². The first kappa shape index (κ1) is 15.5. The molecular formula is C14H23NO2S. The van der Waals surface area contributed by atoms with Crippen LogP contribution in [0, 0.1) is 5.41 Å². The molecular weight excluding hydrogens is 246 g/mol. The average molecular weight is 269 g/mol. The molecule has 0 aromatic heterocycles. The Bertz CT molecular complexity index is 367. The molecule has 0 atom stereocenters. The highest BCUT2D eigenvalue weighted by molar-refractivity contribution is 7.98. The second kappa shape index (κ2) is 7.14. The summed E-state index contributed by atoms with van der Waals surface area (Å²) in [7, 11) is 2.01. The second-order valence-electron chi connectivity index (χ2n) is 5.11. The first-order chi connectivity index (χ1) is 8.54. The maximum absolute atomic E-state index is 9.31. The van der Waals surface area contributed by atoms with Crippen LogP contribution in [0.25, 0.3) is 0 Å². The smallest absolute Gasteiger partial charge is 0.0519 e. The summed E-state index contributed by atoms with van der Waals surface area (Å²) >= 11 is 1.74. The van der Waals surface area contributed by atoms with Gasteiger partial charge >= 0.3 is 0 Å². The molecule has 1 aromatic carbocycles. The predicted octanol–water partition coefficient (Wildman–Crippen LogP) is 1.83. The van der Waals surface area contributed by atoms with Gasteiger partial charge in [-0.05, 0) is 24.9 Å². The quantitative estimate of drug-likeness (QED) is 0.741. The Balaban J connectivity index is 2.67. The van der Waals surface area contributed by atoms with Gasteiger partial charge in [-0.3, -0.25) is 0 Å². The minimum atomic E-state index is -0.441. The summed E-state index contributed by atoms with van der Waals surface area (Å²) in [5, 5.41) is 18.6. The standard InChI is InChI=1S/C14H23NO2S/c1-14(10-16,11-17)9-15(2)8-12-6-4-5-7-13(12)18-3/h4-7,16-17H,8-11H2,1-3H3. The first-order valence-corrected chi connectivity index (χ1v) is 7.29. The van der Waals surface area contributed by atoms with Crippen molar-refractivity contribution in [3.63, 3.8) is 0 Å². The predicted molar refractivity (Wildman–Crippen MR) is 76.8 cm³/mol. The number of nitrogens with zero attached hydrogens (tertiary/aromatic N) is 1. The third-order valence-corrected chi connectivity index (χ3v) is 3.89. The lowest BCUT2D eigenvalue weighted by molar-refractivity contribution is 0.0400. The van der Waals surface area contributed by atoms with E-state index in [9.17, 15) is 10.2 Å². The van der Waals surface area contributed by atoms with Gasteiger partial charge in [0.05, 0.1) is 13.2 Å². The molecule has 0 unspecified atom stereocenters. The molecule has 1 rings (SSSR count). The van der Waals surface area contributed by atoms with Gasteiger partial charge in [0.25, 0.3) is 0 Å². The van der Waals surface area contributed by atoms with Crippen LogP contribution >= 0.6 is 11.8 Å². The van der Waals surface area contributed by atoms with Gasteiger partial charge in [0, 0.05) is 23.4 Å². The van der Waals surface area contributed by atoms with Gasteiger partial charge in [0.2, 0.25) is 0 Å². The zero-order valence-corrected chi connectivity index (χ0v) is 12.2. The van der Waals surface area contributed by atoms with Gasteiger partial charge in [-0.15, -0.1) is 11.8 Å². The molecule has 0 aliphatic heterocycles. The highest BCUT2D eigenvalue weighted by Gasteiger charge is 2.24. The summed E-state index contributed by atoms with van der Waals surface area (Å²) < 4.78 is 0. The maximum atomic E-state index is 9.31. The van der Waals surface area contributed by atoms with Crippen LogP contribution < -0.4 is 0 Å². The van der Waals surface area contributed by atoms with E-state index in [1.165, 1.54) is 10.5 Å². The number of aliphatic hydroxyl groups is 2. The monoisotopic (exact) mass is 269 g/mol. The number of hydrogen-bond acceptors (Lipinski definition) is 4. The number of hydrogen-bond donors (Lipinski definition) is 2. The Morgan fingerprint density at radius 1 is 1.22 bits per heavy atom. The lowest BCUT2D eigenvalue weighted by Crippen LogP contribution is -2.38. The largest absolute Gasteiger partial charge is 0.396 e. The van der Waals surface area contributed by atoms with Crippen LogP contribution in [-0.4, -0.2) is 48.2 Å². The molecule has 1 aromatic rings. The molecule has 0 spiro atoms. The van der Waals surface area contributed by atoms with Gasteiger partial charge in [0.15, 0.2) is 0 Å². The fraction of sp³-hybridized carbons (Fsp3) is 0.571. The Morgan fingerprint density at radius 3 is 2.39 bits per heavy atom. The van der Waals surface area contributed by atoms with Crippen LogP contribution in [0.1, 0.15) is 12.5 Å². The summed E-state index contributed by atoms with van der Waals surface area (Å²) in [4.78, 5) is 3.42. The lowest BCUT2D eigenvalue weighted by Gasteiger charge is -2.30. The van der Waals surface area contributed by atoms with E-state index in [1.807, 2.05) is 26.1 Å². The van der Waals surface area contributed by atoms with Crippen LogP contribution in [0.4, 0.5) is 0 Å². The Kier molecular flexibility index (Phi) is 6.15. The molecule has 0 amide bonds. The molecule has 0 saturated carbocycles. The molecule has 0 bridgehead atoms. The SMILES string of the molecule is CSc1ccccc1CN(C)CC(C)(CO)CO. The fourth-order valence-electron chi connectivity index (χ4n) is 1.98. The minimum Gasteiger partial charge on any atom is -0.396 e. The van der Waals surface area contributed by atoms with E-state index in [-0.39, 0.29) is 13.2 Å². The lowest BCUT2D eigenvalue weighted by atomic mass is 9.92. The molecule has 18 heavy (non-hydrogen) atoms. The van der Waals surface area contributed by atoms with Gasteiger partial charge < -0.3 is 15.1 Å². The third-order valence-electron chi connectivity index (χ3n) is 3.05. The average Bonchev–Trinajstić information content (AvgIpc) is 2.39. The van der Waals surface area contributed by atoms with Crippen molar-refractivity contribution in [3.8, 4) is 0 Å². The fourth-order valence-corrected chi connectivity index (χ4v) is 2.59. The molecule has 0 saturated heterocycles. The first-order valence-electron chi connectivity index (χ1n) is 6.07. The zero-order valence-electron chi connectivity index (χ0n) is 11.4. The normalized spacial score (nSPS) is 12.1. The Labute approximate surface area is 114 Å². The van der Waals surface area contributed by atoms with E-state index in [2.05, 4.69) is 23.3 Å². The zero-order chi connectivity index (χ0) is 13.6. The molecule has 4 heteroatoms. The van der Waals surface area contributed by atoms with Crippen molar-refractivity contribution in [3.05, 3.63) is 29.8 Å². The van der Waals surface area contributed by atoms with E-state index in [0.717, 1.165) is 6.54 Å². The molecule has 0 fully saturated rings. The summed E-state index contributed by atoms with van der Waals surface area (Å²) in [6.45, 7) is 3.38. The van der Waals surface area contributed by atoms with Crippen molar-refractivity contribution in [1.29, 1.82) is 0 Å². The summed E-state index contributed by atoms with van der Waals surface area (Å²) in [5.74, 6) is 0. The summed E-state index contributed by atoms with van der Waals surface area (Å²) in [6, 6.07) is 8.32. The second-order valence-corrected chi connectivity index (χ2v) is 5.96. The van der Waals surface area contributed by atoms with Crippen molar-refractivity contribution >= 4 is 11.8 Å². The molecule has 0 heterocycles. The maximum Gasteiger partial charge on any atom is 0.0519 e. The molecule has 0 aliphatic rings. The third kappa shape index (κ3) is 4.28. The van der Waals surface area contributed by atoms with Gasteiger partial charge in [-0.1, -0.05) is 25.1 Å². The van der Waals surface area contributed by atoms with Gasteiger partial charge in [0.1, 0.15) is 0 Å². The van der Waals surface area contributed by atoms with Crippen LogP contribution in [0.3, 0.4) is 0 Å². The van der Waals surface area contributed by atoms with E-state index in [1.54, 1.807) is 11.8 Å². The van der Waals surface area contributed by atoms with Crippen molar-refractivity contribution in [1.82, 2.24) is 4.90 Å². The van der Waals surface area contributed by atoms with E-state index in [0.29, 0.717) is 6.54 Å². The number of benzene rings is 1. The summed E-state index contributed by atoms with van der Waals surface area (Å²) in [6.07, 6.45) is 2.07. The van der Waals surface area contributed by atoms with Crippen LogP contribution in [0.15, 0.2) is 29.2 Å². The summed E-state index contributed by atoms with van der Waals surface area (Å²) in [5.41, 5.74) is 0.842. The highest BCUT2D eigenvalue weighted by Crippen LogP contribution is 2.22. The topological polar surface area (TPSA) is 43.7 Å². The van der Waals surface area contributed by atoms with Crippen molar-refractivity contribution in [2.75, 3.05) is 33.1 Å². The molecule has 102 valence electrons. The van der Waals surface area contributed by atoms with Crippen LogP contribution in [0.5, 0.6) is 0 Å². The molecule has 3 nitrogen and oxygen atoms in total. The molecule has 0 aliphatic carbocycles. The van der Waals surface area contributed by atoms with Crippen molar-refractivity contribution < 1.29 is 10.2 Å². The highest BCUT2D eigenvalue weighted by atomic mass is 32.2. The Hall–Kier alpha value is -0.550. The van der Waals surface area contributed by atoms with E-state index >= 15 is 0 Å². The Morgan fingerprint density at radius 2 is 1.83 bits per heavy atom. The minimum absolute atomic E-state index is 0.00197.